The molecule has 2 aromatic carbocycles. The van der Waals surface area contributed by atoms with Crippen LogP contribution in [0.2, 0.25) is 0 Å². The van der Waals surface area contributed by atoms with Gasteiger partial charge >= 0.3 is 0 Å². The van der Waals surface area contributed by atoms with E-state index in [1.54, 1.807) is 11.3 Å². The number of carbonyl (C=O) groups is 1. The Hall–Kier alpha value is -2.17. The van der Waals surface area contributed by atoms with Crippen LogP contribution in [0.15, 0.2) is 60.7 Å². The molecular weight excluding hydrogens is 328 g/mol. The fourth-order valence-corrected chi connectivity index (χ4v) is 4.45. The highest BCUT2D eigenvalue weighted by Gasteiger charge is 2.21. The van der Waals surface area contributed by atoms with Gasteiger partial charge in [0.05, 0.1) is 4.88 Å². The normalized spacial score (nSPS) is 16.1. The van der Waals surface area contributed by atoms with Crippen molar-refractivity contribution in [3.8, 4) is 0 Å². The van der Waals surface area contributed by atoms with Gasteiger partial charge in [0.2, 0.25) is 0 Å². The molecule has 0 saturated carbocycles. The first kappa shape index (κ1) is 16.3. The SMILES string of the molecule is O=C(c1cc2ccccc2s1)N1CCCN(Cc2ccccc2)CC1. The van der Waals surface area contributed by atoms with E-state index in [-0.39, 0.29) is 5.91 Å². The minimum Gasteiger partial charge on any atom is -0.337 e. The topological polar surface area (TPSA) is 23.6 Å². The van der Waals surface area contributed by atoms with E-state index in [1.165, 1.54) is 10.3 Å². The van der Waals surface area contributed by atoms with E-state index >= 15 is 0 Å². The van der Waals surface area contributed by atoms with Crippen LogP contribution in [0.3, 0.4) is 0 Å². The quantitative estimate of drug-likeness (QED) is 0.705. The largest absolute Gasteiger partial charge is 0.337 e. The van der Waals surface area contributed by atoms with Crippen LogP contribution in [0.1, 0.15) is 21.7 Å². The number of benzene rings is 2. The second kappa shape index (κ2) is 7.38. The van der Waals surface area contributed by atoms with Crippen LogP contribution in [-0.4, -0.2) is 41.9 Å². The molecular formula is C21H22N2OS. The molecule has 4 heteroatoms. The maximum absolute atomic E-state index is 12.9. The molecule has 0 radical (unpaired) electrons. The van der Waals surface area contributed by atoms with E-state index in [0.717, 1.165) is 49.4 Å². The Kier molecular flexibility index (Phi) is 4.81. The summed E-state index contributed by atoms with van der Waals surface area (Å²) in [5, 5.41) is 1.16. The van der Waals surface area contributed by atoms with Crippen molar-refractivity contribution in [2.75, 3.05) is 26.2 Å². The summed E-state index contributed by atoms with van der Waals surface area (Å²) in [6, 6.07) is 20.8. The van der Waals surface area contributed by atoms with Gasteiger partial charge in [0.15, 0.2) is 0 Å². The van der Waals surface area contributed by atoms with E-state index in [0.29, 0.717) is 0 Å². The number of thiophene rings is 1. The Morgan fingerprint density at radius 2 is 1.72 bits per heavy atom. The number of carbonyl (C=O) groups excluding carboxylic acids is 1. The molecule has 1 aliphatic heterocycles. The van der Waals surface area contributed by atoms with Crippen molar-refractivity contribution in [3.63, 3.8) is 0 Å². The number of rotatable bonds is 3. The average Bonchev–Trinajstić information content (AvgIpc) is 2.95. The van der Waals surface area contributed by atoms with Crippen molar-refractivity contribution >= 4 is 27.3 Å². The van der Waals surface area contributed by atoms with Crippen LogP contribution in [0.5, 0.6) is 0 Å². The third-order valence-electron chi connectivity index (χ3n) is 4.76. The molecule has 25 heavy (non-hydrogen) atoms. The van der Waals surface area contributed by atoms with Crippen LogP contribution in [0.4, 0.5) is 0 Å². The zero-order valence-corrected chi connectivity index (χ0v) is 15.0. The van der Waals surface area contributed by atoms with E-state index < -0.39 is 0 Å². The molecule has 4 rings (SSSR count). The van der Waals surface area contributed by atoms with E-state index in [9.17, 15) is 4.79 Å². The molecule has 1 saturated heterocycles. The molecule has 3 nitrogen and oxygen atoms in total. The molecule has 1 amide bonds. The lowest BCUT2D eigenvalue weighted by Crippen LogP contribution is -2.34. The number of hydrogen-bond donors (Lipinski definition) is 0. The first-order valence-corrected chi connectivity index (χ1v) is 9.65. The van der Waals surface area contributed by atoms with Crippen LogP contribution in [-0.2, 0) is 6.54 Å². The molecule has 0 bridgehead atoms. The molecule has 0 atom stereocenters. The third kappa shape index (κ3) is 3.75. The lowest BCUT2D eigenvalue weighted by atomic mass is 10.2. The summed E-state index contributed by atoms with van der Waals surface area (Å²) in [4.78, 5) is 18.2. The zero-order valence-electron chi connectivity index (χ0n) is 14.2. The predicted molar refractivity (Wildman–Crippen MR) is 104 cm³/mol. The van der Waals surface area contributed by atoms with Crippen LogP contribution < -0.4 is 0 Å². The predicted octanol–water partition coefficient (Wildman–Crippen LogP) is 4.25. The highest BCUT2D eigenvalue weighted by atomic mass is 32.1. The molecule has 0 unspecified atom stereocenters. The standard InChI is InChI=1S/C21H22N2OS/c24-21(20-15-18-9-4-5-10-19(18)25-20)23-12-6-11-22(13-14-23)16-17-7-2-1-3-8-17/h1-5,7-10,15H,6,11-14,16H2. The number of hydrogen-bond acceptors (Lipinski definition) is 3. The highest BCUT2D eigenvalue weighted by molar-refractivity contribution is 7.20. The van der Waals surface area contributed by atoms with E-state index in [4.69, 9.17) is 0 Å². The minimum absolute atomic E-state index is 0.183. The molecule has 1 aromatic heterocycles. The Morgan fingerprint density at radius 3 is 2.56 bits per heavy atom. The molecule has 0 aliphatic carbocycles. The minimum atomic E-state index is 0.183. The van der Waals surface area contributed by atoms with E-state index in [2.05, 4.69) is 47.4 Å². The van der Waals surface area contributed by atoms with Crippen molar-refractivity contribution in [2.45, 2.75) is 13.0 Å². The monoisotopic (exact) mass is 350 g/mol. The second-order valence-corrected chi connectivity index (χ2v) is 7.64. The van der Waals surface area contributed by atoms with Crippen LogP contribution >= 0.6 is 11.3 Å². The lowest BCUT2D eigenvalue weighted by Gasteiger charge is -2.21. The van der Waals surface area contributed by atoms with Gasteiger partial charge in [0.25, 0.3) is 5.91 Å². The van der Waals surface area contributed by atoms with Gasteiger partial charge in [0.1, 0.15) is 0 Å². The van der Waals surface area contributed by atoms with Gasteiger partial charge in [-0.2, -0.15) is 0 Å². The van der Waals surface area contributed by atoms with Crippen molar-refractivity contribution in [2.24, 2.45) is 0 Å². The molecule has 2 heterocycles. The summed E-state index contributed by atoms with van der Waals surface area (Å²) in [6.07, 6.45) is 1.03. The van der Waals surface area contributed by atoms with Gasteiger partial charge in [0, 0.05) is 37.4 Å². The fourth-order valence-electron chi connectivity index (χ4n) is 3.42. The van der Waals surface area contributed by atoms with Gasteiger partial charge in [-0.1, -0.05) is 48.5 Å². The summed E-state index contributed by atoms with van der Waals surface area (Å²) < 4.78 is 1.19. The summed E-state index contributed by atoms with van der Waals surface area (Å²) in [6.45, 7) is 4.60. The summed E-state index contributed by atoms with van der Waals surface area (Å²) in [7, 11) is 0. The van der Waals surface area contributed by atoms with Crippen molar-refractivity contribution < 1.29 is 4.79 Å². The maximum atomic E-state index is 12.9. The maximum Gasteiger partial charge on any atom is 0.264 e. The molecule has 128 valence electrons. The molecule has 3 aromatic rings. The van der Waals surface area contributed by atoms with Crippen molar-refractivity contribution in [1.29, 1.82) is 0 Å². The Balaban J connectivity index is 1.42. The van der Waals surface area contributed by atoms with Crippen LogP contribution in [0.25, 0.3) is 10.1 Å². The van der Waals surface area contributed by atoms with Gasteiger partial charge in [-0.15, -0.1) is 11.3 Å². The average molecular weight is 350 g/mol. The Labute approximate surface area is 152 Å². The molecule has 0 spiro atoms. The number of amides is 1. The Morgan fingerprint density at radius 1 is 0.920 bits per heavy atom. The molecule has 1 aliphatic rings. The van der Waals surface area contributed by atoms with Crippen LogP contribution in [0, 0.1) is 0 Å². The smallest absolute Gasteiger partial charge is 0.264 e. The lowest BCUT2D eigenvalue weighted by molar-refractivity contribution is 0.0766. The Bertz CT molecular complexity index is 825. The second-order valence-electron chi connectivity index (χ2n) is 6.56. The summed E-state index contributed by atoms with van der Waals surface area (Å²) in [5.74, 6) is 0.183. The zero-order chi connectivity index (χ0) is 17.1. The van der Waals surface area contributed by atoms with Crippen molar-refractivity contribution in [3.05, 3.63) is 71.1 Å². The van der Waals surface area contributed by atoms with Gasteiger partial charge in [-0.25, -0.2) is 0 Å². The number of fused-ring (bicyclic) bond motifs is 1. The van der Waals surface area contributed by atoms with Gasteiger partial charge in [-0.05, 0) is 29.5 Å². The third-order valence-corrected chi connectivity index (χ3v) is 5.87. The molecule has 1 fully saturated rings. The first-order valence-electron chi connectivity index (χ1n) is 8.84. The highest BCUT2D eigenvalue weighted by Crippen LogP contribution is 2.26. The first-order chi connectivity index (χ1) is 12.3. The van der Waals surface area contributed by atoms with Crippen molar-refractivity contribution in [1.82, 2.24) is 9.80 Å². The van der Waals surface area contributed by atoms with E-state index in [1.807, 2.05) is 23.1 Å². The number of nitrogens with zero attached hydrogens (tertiary/aromatic N) is 2. The fraction of sp³-hybridized carbons (Fsp3) is 0.286. The summed E-state index contributed by atoms with van der Waals surface area (Å²) in [5.41, 5.74) is 1.34. The summed E-state index contributed by atoms with van der Waals surface area (Å²) >= 11 is 1.60. The van der Waals surface area contributed by atoms with Gasteiger partial charge in [-0.3, -0.25) is 9.69 Å². The van der Waals surface area contributed by atoms with Gasteiger partial charge < -0.3 is 4.90 Å². The molecule has 0 N–H and O–H groups in total.